The standard InChI is InChI=1S/C12H16N2O2/c1-9(11-5-3-7-16-11)14-12(15)10-4-2-6-13-8-10/h2,4,6,8-9,11H,3,5,7H2,1H3,(H,14,15)/t9-,11+/m1/s1. The summed E-state index contributed by atoms with van der Waals surface area (Å²) in [5, 5.41) is 2.93. The third-order valence-electron chi connectivity index (χ3n) is 2.81. The summed E-state index contributed by atoms with van der Waals surface area (Å²) in [7, 11) is 0. The van der Waals surface area contributed by atoms with Gasteiger partial charge in [-0.05, 0) is 31.9 Å². The van der Waals surface area contributed by atoms with Crippen molar-refractivity contribution >= 4 is 5.91 Å². The van der Waals surface area contributed by atoms with Gasteiger partial charge in [-0.15, -0.1) is 0 Å². The predicted molar refractivity (Wildman–Crippen MR) is 60.1 cm³/mol. The summed E-state index contributed by atoms with van der Waals surface area (Å²) in [4.78, 5) is 15.7. The van der Waals surface area contributed by atoms with Crippen LogP contribution in [0.2, 0.25) is 0 Å². The second-order valence-electron chi connectivity index (χ2n) is 4.06. The maximum atomic E-state index is 11.8. The van der Waals surface area contributed by atoms with Gasteiger partial charge in [-0.25, -0.2) is 0 Å². The van der Waals surface area contributed by atoms with Crippen LogP contribution in [0.5, 0.6) is 0 Å². The summed E-state index contributed by atoms with van der Waals surface area (Å²) in [6.07, 6.45) is 5.48. The van der Waals surface area contributed by atoms with Crippen LogP contribution < -0.4 is 5.32 Å². The Morgan fingerprint density at radius 1 is 1.69 bits per heavy atom. The number of carbonyl (C=O) groups excluding carboxylic acids is 1. The number of ether oxygens (including phenoxy) is 1. The highest BCUT2D eigenvalue weighted by Gasteiger charge is 2.23. The molecule has 1 aromatic rings. The van der Waals surface area contributed by atoms with Crippen molar-refractivity contribution < 1.29 is 9.53 Å². The van der Waals surface area contributed by atoms with Crippen LogP contribution in [-0.4, -0.2) is 29.6 Å². The van der Waals surface area contributed by atoms with Gasteiger partial charge in [0, 0.05) is 19.0 Å². The number of rotatable bonds is 3. The summed E-state index contributed by atoms with van der Waals surface area (Å²) >= 11 is 0. The number of hydrogen-bond donors (Lipinski definition) is 1. The Labute approximate surface area is 95.0 Å². The molecule has 86 valence electrons. The van der Waals surface area contributed by atoms with E-state index in [1.165, 1.54) is 0 Å². The van der Waals surface area contributed by atoms with Gasteiger partial charge in [0.05, 0.1) is 17.7 Å². The van der Waals surface area contributed by atoms with Crippen LogP contribution in [0, 0.1) is 0 Å². The fourth-order valence-corrected chi connectivity index (χ4v) is 1.88. The van der Waals surface area contributed by atoms with Gasteiger partial charge in [-0.2, -0.15) is 0 Å². The maximum Gasteiger partial charge on any atom is 0.253 e. The molecule has 0 unspecified atom stereocenters. The molecule has 1 amide bonds. The van der Waals surface area contributed by atoms with Crippen molar-refractivity contribution in [3.8, 4) is 0 Å². The summed E-state index contributed by atoms with van der Waals surface area (Å²) < 4.78 is 5.52. The Kier molecular flexibility index (Phi) is 3.51. The van der Waals surface area contributed by atoms with Crippen molar-refractivity contribution in [3.05, 3.63) is 30.1 Å². The van der Waals surface area contributed by atoms with E-state index in [2.05, 4.69) is 10.3 Å². The molecule has 0 aliphatic carbocycles. The number of amides is 1. The molecule has 1 saturated heterocycles. The third kappa shape index (κ3) is 2.58. The van der Waals surface area contributed by atoms with Crippen LogP contribution >= 0.6 is 0 Å². The molecular weight excluding hydrogens is 204 g/mol. The Morgan fingerprint density at radius 2 is 2.56 bits per heavy atom. The van der Waals surface area contributed by atoms with E-state index < -0.39 is 0 Å². The molecule has 1 N–H and O–H groups in total. The molecule has 1 aliphatic rings. The van der Waals surface area contributed by atoms with E-state index in [0.29, 0.717) is 5.56 Å². The summed E-state index contributed by atoms with van der Waals surface area (Å²) in [6, 6.07) is 3.56. The lowest BCUT2D eigenvalue weighted by Crippen LogP contribution is -2.40. The van der Waals surface area contributed by atoms with E-state index in [-0.39, 0.29) is 18.1 Å². The van der Waals surface area contributed by atoms with Gasteiger partial charge in [0.2, 0.25) is 0 Å². The van der Waals surface area contributed by atoms with Gasteiger partial charge in [-0.1, -0.05) is 0 Å². The molecule has 1 fully saturated rings. The van der Waals surface area contributed by atoms with Crippen molar-refractivity contribution in [2.75, 3.05) is 6.61 Å². The number of pyridine rings is 1. The first kappa shape index (κ1) is 11.1. The van der Waals surface area contributed by atoms with Crippen molar-refractivity contribution in [1.82, 2.24) is 10.3 Å². The van der Waals surface area contributed by atoms with Gasteiger partial charge in [-0.3, -0.25) is 9.78 Å². The van der Waals surface area contributed by atoms with Crippen LogP contribution in [0.4, 0.5) is 0 Å². The number of carbonyl (C=O) groups is 1. The van der Waals surface area contributed by atoms with Gasteiger partial charge in [0.1, 0.15) is 0 Å². The summed E-state index contributed by atoms with van der Waals surface area (Å²) in [5.41, 5.74) is 0.590. The zero-order chi connectivity index (χ0) is 11.4. The fourth-order valence-electron chi connectivity index (χ4n) is 1.88. The molecule has 2 atom stereocenters. The lowest BCUT2D eigenvalue weighted by Gasteiger charge is -2.19. The minimum absolute atomic E-state index is 0.0511. The van der Waals surface area contributed by atoms with Crippen LogP contribution in [0.3, 0.4) is 0 Å². The van der Waals surface area contributed by atoms with Gasteiger partial charge >= 0.3 is 0 Å². The SMILES string of the molecule is C[C@@H](NC(=O)c1cccnc1)[C@@H]1CCCO1. The quantitative estimate of drug-likeness (QED) is 0.837. The van der Waals surface area contributed by atoms with E-state index in [1.807, 2.05) is 6.92 Å². The molecule has 1 aliphatic heterocycles. The summed E-state index contributed by atoms with van der Waals surface area (Å²) in [6.45, 7) is 2.78. The van der Waals surface area contributed by atoms with E-state index in [0.717, 1.165) is 19.4 Å². The molecule has 4 heteroatoms. The highest BCUT2D eigenvalue weighted by atomic mass is 16.5. The third-order valence-corrected chi connectivity index (χ3v) is 2.81. The Hall–Kier alpha value is -1.42. The first-order valence-electron chi connectivity index (χ1n) is 5.60. The largest absolute Gasteiger partial charge is 0.376 e. The minimum Gasteiger partial charge on any atom is -0.376 e. The summed E-state index contributed by atoms with van der Waals surface area (Å²) in [5.74, 6) is -0.0869. The van der Waals surface area contributed by atoms with E-state index >= 15 is 0 Å². The second kappa shape index (κ2) is 5.07. The molecule has 2 rings (SSSR count). The van der Waals surface area contributed by atoms with E-state index in [1.54, 1.807) is 24.5 Å². The molecule has 1 aromatic heterocycles. The van der Waals surface area contributed by atoms with Crippen LogP contribution in [0.15, 0.2) is 24.5 Å². The average molecular weight is 220 g/mol. The van der Waals surface area contributed by atoms with Gasteiger partial charge < -0.3 is 10.1 Å². The van der Waals surface area contributed by atoms with Gasteiger partial charge in [0.15, 0.2) is 0 Å². The number of nitrogens with zero attached hydrogens (tertiary/aromatic N) is 1. The molecule has 16 heavy (non-hydrogen) atoms. The van der Waals surface area contributed by atoms with Crippen molar-refractivity contribution in [2.45, 2.75) is 31.9 Å². The average Bonchev–Trinajstić information content (AvgIpc) is 2.83. The molecule has 0 bridgehead atoms. The van der Waals surface area contributed by atoms with Gasteiger partial charge in [0.25, 0.3) is 5.91 Å². The Morgan fingerprint density at radius 3 is 3.19 bits per heavy atom. The van der Waals surface area contributed by atoms with Crippen molar-refractivity contribution in [3.63, 3.8) is 0 Å². The number of nitrogens with one attached hydrogen (secondary N) is 1. The lowest BCUT2D eigenvalue weighted by atomic mass is 10.1. The smallest absolute Gasteiger partial charge is 0.253 e. The molecule has 0 spiro atoms. The number of hydrogen-bond acceptors (Lipinski definition) is 3. The predicted octanol–water partition coefficient (Wildman–Crippen LogP) is 1.38. The lowest BCUT2D eigenvalue weighted by molar-refractivity contribution is 0.0712. The zero-order valence-electron chi connectivity index (χ0n) is 9.35. The van der Waals surface area contributed by atoms with Crippen molar-refractivity contribution in [2.24, 2.45) is 0 Å². The molecule has 0 saturated carbocycles. The molecular formula is C12H16N2O2. The van der Waals surface area contributed by atoms with Crippen molar-refractivity contribution in [1.29, 1.82) is 0 Å². The maximum absolute atomic E-state index is 11.8. The molecule has 0 aromatic carbocycles. The highest BCUT2D eigenvalue weighted by molar-refractivity contribution is 5.94. The molecule has 0 radical (unpaired) electrons. The minimum atomic E-state index is -0.0869. The molecule has 2 heterocycles. The fraction of sp³-hybridized carbons (Fsp3) is 0.500. The molecule has 4 nitrogen and oxygen atoms in total. The Balaban J connectivity index is 1.92. The van der Waals surface area contributed by atoms with E-state index in [4.69, 9.17) is 4.74 Å². The monoisotopic (exact) mass is 220 g/mol. The van der Waals surface area contributed by atoms with E-state index in [9.17, 15) is 4.79 Å². The normalized spacial score (nSPS) is 21.7. The zero-order valence-corrected chi connectivity index (χ0v) is 9.35. The number of aromatic nitrogens is 1. The van der Waals surface area contributed by atoms with Crippen LogP contribution in [-0.2, 0) is 4.74 Å². The highest BCUT2D eigenvalue weighted by Crippen LogP contribution is 2.15. The Bertz CT molecular complexity index is 347. The van der Waals surface area contributed by atoms with Crippen LogP contribution in [0.25, 0.3) is 0 Å². The topological polar surface area (TPSA) is 51.2 Å². The van der Waals surface area contributed by atoms with Crippen LogP contribution in [0.1, 0.15) is 30.1 Å². The second-order valence-corrected chi connectivity index (χ2v) is 4.06. The first-order chi connectivity index (χ1) is 7.77. The first-order valence-corrected chi connectivity index (χ1v) is 5.60.